The average molecular weight is 857 g/mol. The van der Waals surface area contributed by atoms with E-state index < -0.39 is 24.3 Å². The van der Waals surface area contributed by atoms with E-state index in [4.69, 9.17) is 24.2 Å². The van der Waals surface area contributed by atoms with E-state index in [0.29, 0.717) is 25.0 Å². The molecule has 0 spiro atoms. The van der Waals surface area contributed by atoms with Crippen LogP contribution in [0, 0.1) is 23.7 Å². The van der Waals surface area contributed by atoms with Gasteiger partial charge >= 0.3 is 12.2 Å². The number of ether oxygens (including phenoxy) is 3. The number of nitrogens with zero attached hydrogens (tertiary/aromatic N) is 4. The minimum atomic E-state index is -0.723. The molecule has 7 atom stereocenters. The number of aromatic nitrogens is 4. The number of benzene rings is 3. The largest absolute Gasteiger partial charge is 0.488 e. The summed E-state index contributed by atoms with van der Waals surface area (Å²) in [6.07, 6.45) is 8.40. The summed E-state index contributed by atoms with van der Waals surface area (Å²) >= 11 is 0. The molecule has 2 aromatic heterocycles. The molecule has 4 N–H and O–H groups in total. The highest BCUT2D eigenvalue weighted by atomic mass is 16.5. The summed E-state index contributed by atoms with van der Waals surface area (Å²) in [7, 11) is 2.64. The molecule has 330 valence electrons. The van der Waals surface area contributed by atoms with Crippen molar-refractivity contribution in [2.45, 2.75) is 109 Å². The highest BCUT2D eigenvalue weighted by molar-refractivity contribution is 6.07. The second-order valence-electron chi connectivity index (χ2n) is 18.6. The molecule has 5 heterocycles. The van der Waals surface area contributed by atoms with Crippen LogP contribution >= 0.6 is 0 Å². The third-order valence-corrected chi connectivity index (χ3v) is 14.5. The Kier molecular flexibility index (Phi) is 10.5. The first-order chi connectivity index (χ1) is 30.5. The van der Waals surface area contributed by atoms with Crippen LogP contribution in [0.1, 0.15) is 101 Å². The van der Waals surface area contributed by atoms with Crippen LogP contribution in [0.25, 0.3) is 44.2 Å². The maximum Gasteiger partial charge on any atom is 0.407 e. The van der Waals surface area contributed by atoms with Gasteiger partial charge in [-0.1, -0.05) is 51.3 Å². The molecule has 0 radical (unpaired) electrons. The molecule has 4 fully saturated rings. The maximum absolute atomic E-state index is 14.3. The Bertz CT molecular complexity index is 2610. The number of piperidine rings is 1. The Balaban J connectivity index is 0.898. The van der Waals surface area contributed by atoms with Crippen molar-refractivity contribution in [1.29, 1.82) is 0 Å². The lowest BCUT2D eigenvalue weighted by Crippen LogP contribution is -2.53. The second kappa shape index (κ2) is 16.2. The number of amides is 4. The van der Waals surface area contributed by atoms with Gasteiger partial charge in [0.15, 0.2) is 0 Å². The monoisotopic (exact) mass is 856 g/mol. The Morgan fingerprint density at radius 3 is 2.44 bits per heavy atom. The number of imidazole rings is 2. The van der Waals surface area contributed by atoms with E-state index in [2.05, 4.69) is 57.0 Å². The minimum Gasteiger partial charge on any atom is -0.488 e. The standard InChI is InChI=1S/C48H56N8O7/c1-24(2)39(53-47(59)61-4)46(58)56-25(3)11-16-37(56)43-50-35-15-13-27-18-34-31-14-12-28(17-30(31)23-63-38(34)20-32(27)41(35)52-43)36-21-49-44(51-36)42-33-19-29(33)22-55(42)45(57)40(54-48(60)62-5)26-9-7-6-8-10-26/h12-15,17-18,20-21,24-26,29,33,37,39-40,42H,6-11,16,19,22-23H2,1-5H3,(H,49,51)(H,50,52)(H,53,59)(H,54,60)/t25-,29+,33+,37-,39-,40-,42-/m0/s1. The number of aromatic amines is 2. The van der Waals surface area contributed by atoms with Crippen LogP contribution in [0.5, 0.6) is 5.75 Å². The summed E-state index contributed by atoms with van der Waals surface area (Å²) in [5.41, 5.74) is 6.71. The lowest BCUT2D eigenvalue weighted by Gasteiger charge is -2.35. The van der Waals surface area contributed by atoms with E-state index >= 15 is 0 Å². The van der Waals surface area contributed by atoms with Crippen molar-refractivity contribution >= 4 is 45.8 Å². The lowest BCUT2D eigenvalue weighted by atomic mass is 9.83. The van der Waals surface area contributed by atoms with Crippen LogP contribution in [0.3, 0.4) is 0 Å². The normalized spacial score (nSPS) is 23.7. The fourth-order valence-corrected chi connectivity index (χ4v) is 11.0. The molecule has 15 heteroatoms. The van der Waals surface area contributed by atoms with Gasteiger partial charge in [-0.2, -0.15) is 0 Å². The van der Waals surface area contributed by atoms with Crippen LogP contribution < -0.4 is 15.4 Å². The van der Waals surface area contributed by atoms with Crippen LogP contribution in [-0.4, -0.2) is 92.6 Å². The molecule has 2 saturated carbocycles. The van der Waals surface area contributed by atoms with E-state index in [1.165, 1.54) is 14.2 Å². The van der Waals surface area contributed by atoms with E-state index in [1.54, 1.807) is 0 Å². The molecule has 4 amide bonds. The van der Waals surface area contributed by atoms with Crippen molar-refractivity contribution in [3.05, 3.63) is 65.9 Å². The first kappa shape index (κ1) is 40.9. The van der Waals surface area contributed by atoms with Crippen LogP contribution in [0.4, 0.5) is 9.59 Å². The Labute approximate surface area is 366 Å². The van der Waals surface area contributed by atoms with E-state index in [-0.39, 0.29) is 41.8 Å². The van der Waals surface area contributed by atoms with Crippen molar-refractivity contribution in [3.63, 3.8) is 0 Å². The number of nitrogens with one attached hydrogen (secondary N) is 4. The molecule has 0 unspecified atom stereocenters. The molecule has 3 aliphatic heterocycles. The number of alkyl carbamates (subject to hydrolysis) is 2. The molecule has 2 aliphatic carbocycles. The van der Waals surface area contributed by atoms with Gasteiger partial charge in [0.25, 0.3) is 0 Å². The summed E-state index contributed by atoms with van der Waals surface area (Å²) in [6, 6.07) is 13.0. The predicted octanol–water partition coefficient (Wildman–Crippen LogP) is 7.92. The molecule has 5 aliphatic rings. The third-order valence-electron chi connectivity index (χ3n) is 14.5. The Morgan fingerprint density at radius 1 is 0.873 bits per heavy atom. The van der Waals surface area contributed by atoms with E-state index in [1.807, 2.05) is 42.8 Å². The summed E-state index contributed by atoms with van der Waals surface area (Å²) in [5, 5.41) is 7.66. The highest BCUT2D eigenvalue weighted by Gasteiger charge is 2.57. The molecule has 15 nitrogen and oxygen atoms in total. The average Bonchev–Trinajstić information content (AvgIpc) is 3.73. The topological polar surface area (TPSA) is 184 Å². The van der Waals surface area contributed by atoms with Gasteiger partial charge in [0, 0.05) is 23.5 Å². The summed E-state index contributed by atoms with van der Waals surface area (Å²) in [4.78, 5) is 73.8. The second-order valence-corrected chi connectivity index (χ2v) is 18.6. The summed E-state index contributed by atoms with van der Waals surface area (Å²) in [6.45, 7) is 6.93. The first-order valence-electron chi connectivity index (χ1n) is 22.6. The van der Waals surface area contributed by atoms with Gasteiger partial charge in [0.2, 0.25) is 11.8 Å². The van der Waals surface area contributed by atoms with Crippen molar-refractivity contribution in [2.75, 3.05) is 20.8 Å². The zero-order valence-electron chi connectivity index (χ0n) is 36.5. The van der Waals surface area contributed by atoms with Gasteiger partial charge in [-0.3, -0.25) is 9.59 Å². The van der Waals surface area contributed by atoms with Crippen molar-refractivity contribution in [2.24, 2.45) is 23.7 Å². The van der Waals surface area contributed by atoms with E-state index in [9.17, 15) is 19.2 Å². The molecule has 0 bridgehead atoms. The molecule has 5 aromatic rings. The van der Waals surface area contributed by atoms with Crippen molar-refractivity contribution in [1.82, 2.24) is 40.4 Å². The lowest BCUT2D eigenvalue weighted by molar-refractivity contribution is -0.138. The van der Waals surface area contributed by atoms with Crippen LogP contribution in [0.2, 0.25) is 0 Å². The number of fused-ring (bicyclic) bond motifs is 7. The first-order valence-corrected chi connectivity index (χ1v) is 22.6. The number of rotatable bonds is 9. The minimum absolute atomic E-state index is 0.0229. The zero-order chi connectivity index (χ0) is 43.7. The van der Waals surface area contributed by atoms with Crippen LogP contribution in [0.15, 0.2) is 48.7 Å². The molecule has 63 heavy (non-hydrogen) atoms. The molecule has 10 rings (SSSR count). The molecule has 2 saturated heterocycles. The summed E-state index contributed by atoms with van der Waals surface area (Å²) in [5.74, 6) is 2.85. The fourth-order valence-electron chi connectivity index (χ4n) is 11.0. The number of methoxy groups -OCH3 is 2. The van der Waals surface area contributed by atoms with Crippen molar-refractivity contribution in [3.8, 4) is 28.1 Å². The number of hydrogen-bond acceptors (Lipinski definition) is 9. The number of likely N-dealkylation sites (tertiary alicyclic amines) is 2. The number of carbonyl (C=O) groups is 4. The Morgan fingerprint density at radius 2 is 1.67 bits per heavy atom. The zero-order valence-corrected chi connectivity index (χ0v) is 36.5. The summed E-state index contributed by atoms with van der Waals surface area (Å²) < 4.78 is 16.2. The highest BCUT2D eigenvalue weighted by Crippen LogP contribution is 2.56. The molecular weight excluding hydrogens is 801 g/mol. The van der Waals surface area contributed by atoms with Crippen LogP contribution in [-0.2, 0) is 25.7 Å². The van der Waals surface area contributed by atoms with Gasteiger partial charge in [0.05, 0.1) is 49.2 Å². The van der Waals surface area contributed by atoms with Gasteiger partial charge in [-0.15, -0.1) is 0 Å². The fraction of sp³-hybridized carbons (Fsp3) is 0.500. The van der Waals surface area contributed by atoms with E-state index in [0.717, 1.165) is 119 Å². The Hall–Kier alpha value is -6.12. The van der Waals surface area contributed by atoms with Gasteiger partial charge in [-0.25, -0.2) is 19.6 Å². The quantitative estimate of drug-likeness (QED) is 0.114. The third kappa shape index (κ3) is 7.32. The van der Waals surface area contributed by atoms with Gasteiger partial charge in [0.1, 0.15) is 36.1 Å². The molecular formula is C48H56N8O7. The van der Waals surface area contributed by atoms with Crippen molar-refractivity contribution < 1.29 is 33.4 Å². The number of carbonyl (C=O) groups excluding carboxylic acids is 4. The SMILES string of the molecule is COC(=O)N[C@H](C(=O)N1[C@@H](C)CC[C@H]1c1nc2ccc3cc4c(cc3c2[nH]1)OCc1cc(-c2cnc([C@@H]3[C@@H]5C[C@@H]5CN3C(=O)[C@@H](NC(=O)OC)C3CCCCC3)[nH]2)ccc1-4)C(C)C. The van der Waals surface area contributed by atoms with Gasteiger partial charge in [-0.05, 0) is 109 Å². The number of hydrogen-bond donors (Lipinski definition) is 4. The number of H-pyrrole nitrogens is 2. The molecule has 3 aromatic carbocycles. The maximum atomic E-state index is 14.3. The predicted molar refractivity (Wildman–Crippen MR) is 235 cm³/mol. The smallest absolute Gasteiger partial charge is 0.407 e. The van der Waals surface area contributed by atoms with Gasteiger partial charge < -0.3 is 44.6 Å².